The minimum Gasteiger partial charge on any atom is -0.469 e. The molecule has 0 aromatic heterocycles. The van der Waals surface area contributed by atoms with Crippen molar-refractivity contribution in [2.45, 2.75) is 144 Å². The molecule has 326 valence electrons. The zero-order valence-electron chi connectivity index (χ0n) is 31.5. The molecule has 1 amide bonds. The number of carbonyl (C=O) groups is 2. The maximum absolute atomic E-state index is 13.7. The van der Waals surface area contributed by atoms with E-state index in [1.807, 2.05) is 0 Å². The van der Waals surface area contributed by atoms with Gasteiger partial charge in [0.1, 0.15) is 67.1 Å². The van der Waals surface area contributed by atoms with Crippen molar-refractivity contribution >= 4 is 22.3 Å². The number of esters is 1. The van der Waals surface area contributed by atoms with Gasteiger partial charge in [-0.2, -0.15) is 8.42 Å². The second-order valence-corrected chi connectivity index (χ2v) is 15.0. The van der Waals surface area contributed by atoms with E-state index in [1.54, 1.807) is 18.2 Å². The smallest absolute Gasteiger partial charge is 0.397 e. The standard InChI is InChI=1S/C35H55NO20S/c1-18-24(40)26(42)27(43)34(51-18)55-30-23(36-32(45)19-12-8-7-9-13-19)33(50-15-11-6-4-3-5-10-14-22(39)49-2)53-21(17-38)29(30)54-35-28(44)31(56-57(46,47)48)25(41)20(16-37)52-35/h7-9,12-13,18,20-21,23-31,33-35,37-38,40-44H,3-6,10-11,14-17H2,1-2H3,(H,36,45)(H,46,47,48)/t18-,20+,21+,23+,24+,25-,26+,27-,28+,29+,30+,31-,33+,34-,35-/m0/s1. The van der Waals surface area contributed by atoms with Crippen molar-refractivity contribution in [3.63, 3.8) is 0 Å². The van der Waals surface area contributed by atoms with Crippen molar-refractivity contribution in [3.8, 4) is 0 Å². The number of benzene rings is 1. The second-order valence-electron chi connectivity index (χ2n) is 14.0. The first kappa shape index (κ1) is 47.2. The predicted molar refractivity (Wildman–Crippen MR) is 190 cm³/mol. The molecule has 0 unspecified atom stereocenters. The maximum Gasteiger partial charge on any atom is 0.397 e. The van der Waals surface area contributed by atoms with E-state index in [9.17, 15) is 58.3 Å². The van der Waals surface area contributed by atoms with E-state index in [1.165, 1.54) is 26.2 Å². The Morgan fingerprint density at radius 3 is 1.95 bits per heavy atom. The quantitative estimate of drug-likeness (QED) is 0.0377. The molecular formula is C35H55NO20S. The third-order valence-corrected chi connectivity index (χ3v) is 10.4. The molecule has 4 rings (SSSR count). The number of aliphatic hydroxyl groups is 7. The van der Waals surface area contributed by atoms with E-state index in [-0.39, 0.29) is 18.1 Å². The number of amides is 1. The predicted octanol–water partition coefficient (Wildman–Crippen LogP) is -2.35. The number of unbranched alkanes of at least 4 members (excludes halogenated alkanes) is 5. The molecule has 57 heavy (non-hydrogen) atoms. The second kappa shape index (κ2) is 22.2. The Morgan fingerprint density at radius 1 is 0.719 bits per heavy atom. The van der Waals surface area contributed by atoms with Gasteiger partial charge in [-0.15, -0.1) is 0 Å². The molecule has 0 spiro atoms. The van der Waals surface area contributed by atoms with Crippen LogP contribution in [-0.4, -0.2) is 180 Å². The molecule has 1 aromatic carbocycles. The minimum absolute atomic E-state index is 0.0700. The van der Waals surface area contributed by atoms with Crippen LogP contribution in [0.1, 0.15) is 62.2 Å². The van der Waals surface area contributed by atoms with E-state index in [4.69, 9.17) is 28.4 Å². The van der Waals surface area contributed by atoms with Gasteiger partial charge >= 0.3 is 16.4 Å². The van der Waals surface area contributed by atoms with Crippen molar-refractivity contribution in [1.29, 1.82) is 0 Å². The first-order chi connectivity index (χ1) is 27.1. The lowest BCUT2D eigenvalue weighted by atomic mass is 9.94. The average molecular weight is 842 g/mol. The summed E-state index contributed by atoms with van der Waals surface area (Å²) in [5.74, 6) is -0.952. The van der Waals surface area contributed by atoms with Crippen LogP contribution in [0.25, 0.3) is 0 Å². The largest absolute Gasteiger partial charge is 0.469 e. The minimum atomic E-state index is -5.30. The molecule has 1 aromatic rings. The van der Waals surface area contributed by atoms with Crippen LogP contribution in [0.15, 0.2) is 30.3 Å². The van der Waals surface area contributed by atoms with Crippen molar-refractivity contribution in [2.75, 3.05) is 26.9 Å². The van der Waals surface area contributed by atoms with Gasteiger partial charge in [0.2, 0.25) is 0 Å². The Balaban J connectivity index is 1.65. The van der Waals surface area contributed by atoms with Gasteiger partial charge < -0.3 is 74.2 Å². The molecule has 15 atom stereocenters. The Bertz CT molecular complexity index is 1490. The number of rotatable bonds is 20. The van der Waals surface area contributed by atoms with Gasteiger partial charge in [-0.3, -0.25) is 14.1 Å². The number of hydrogen-bond acceptors (Lipinski definition) is 19. The van der Waals surface area contributed by atoms with Gasteiger partial charge in [0, 0.05) is 18.6 Å². The number of methoxy groups -OCH3 is 1. The lowest BCUT2D eigenvalue weighted by Crippen LogP contribution is -2.70. The fourth-order valence-corrected chi connectivity index (χ4v) is 7.24. The molecule has 0 aliphatic carbocycles. The molecule has 3 aliphatic rings. The molecular weight excluding hydrogens is 786 g/mol. The van der Waals surface area contributed by atoms with E-state index in [0.29, 0.717) is 25.7 Å². The fraction of sp³-hybridized carbons (Fsp3) is 0.771. The number of aliphatic hydroxyl groups excluding tert-OH is 7. The highest BCUT2D eigenvalue weighted by molar-refractivity contribution is 7.80. The molecule has 3 saturated heterocycles. The molecule has 0 bridgehead atoms. The molecule has 9 N–H and O–H groups in total. The highest BCUT2D eigenvalue weighted by atomic mass is 32.3. The van der Waals surface area contributed by atoms with Crippen LogP contribution in [0.2, 0.25) is 0 Å². The van der Waals surface area contributed by atoms with Gasteiger partial charge in [-0.25, -0.2) is 4.18 Å². The Kier molecular flexibility index (Phi) is 18.4. The first-order valence-electron chi connectivity index (χ1n) is 18.7. The first-order valence-corrected chi connectivity index (χ1v) is 20.1. The van der Waals surface area contributed by atoms with Crippen molar-refractivity contribution < 1.29 is 95.6 Å². The SMILES string of the molecule is COC(=O)CCCCCCCCO[C@@H]1O[C@H](CO)[C@@H](O[C@@H]2O[C@H](CO)[C@H](O)[C@H](OS(=O)(=O)O)[C@H]2O)[C@H](O[C@@H]2O[C@@H](C)[C@@H](O)[C@@H](O)[C@@H]2O)[C@H]1NC(=O)c1ccccc1. The van der Waals surface area contributed by atoms with E-state index in [0.717, 1.165) is 19.3 Å². The van der Waals surface area contributed by atoms with Crippen LogP contribution in [0.3, 0.4) is 0 Å². The summed E-state index contributed by atoms with van der Waals surface area (Å²) >= 11 is 0. The highest BCUT2D eigenvalue weighted by Crippen LogP contribution is 2.35. The van der Waals surface area contributed by atoms with E-state index >= 15 is 0 Å². The monoisotopic (exact) mass is 841 g/mol. The summed E-state index contributed by atoms with van der Waals surface area (Å²) in [4.78, 5) is 25.1. The zero-order chi connectivity index (χ0) is 41.9. The fourth-order valence-electron chi connectivity index (χ4n) is 6.73. The van der Waals surface area contributed by atoms with Crippen LogP contribution in [-0.2, 0) is 52.5 Å². The lowest BCUT2D eigenvalue weighted by molar-refractivity contribution is -0.372. The van der Waals surface area contributed by atoms with Crippen molar-refractivity contribution in [1.82, 2.24) is 5.32 Å². The maximum atomic E-state index is 13.7. The molecule has 21 nitrogen and oxygen atoms in total. The summed E-state index contributed by atoms with van der Waals surface area (Å²) in [6, 6.07) is 6.50. The van der Waals surface area contributed by atoms with E-state index < -0.39 is 122 Å². The van der Waals surface area contributed by atoms with Crippen LogP contribution in [0.5, 0.6) is 0 Å². The number of hydrogen-bond donors (Lipinski definition) is 9. The summed E-state index contributed by atoms with van der Waals surface area (Å²) in [6.07, 6.45) is -19.5. The molecule has 3 heterocycles. The third kappa shape index (κ3) is 13.0. The van der Waals surface area contributed by atoms with E-state index in [2.05, 4.69) is 14.2 Å². The van der Waals surface area contributed by atoms with Gasteiger partial charge in [-0.05, 0) is 31.9 Å². The Morgan fingerprint density at radius 2 is 1.32 bits per heavy atom. The average Bonchev–Trinajstić information content (AvgIpc) is 3.19. The van der Waals surface area contributed by atoms with Crippen LogP contribution >= 0.6 is 0 Å². The summed E-state index contributed by atoms with van der Waals surface area (Å²) in [7, 11) is -3.96. The summed E-state index contributed by atoms with van der Waals surface area (Å²) in [6.45, 7) is -0.337. The summed E-state index contributed by atoms with van der Waals surface area (Å²) < 4.78 is 77.6. The molecule has 22 heteroatoms. The number of carbonyl (C=O) groups excluding carboxylic acids is 2. The van der Waals surface area contributed by atoms with Gasteiger partial charge in [-0.1, -0.05) is 43.9 Å². The van der Waals surface area contributed by atoms with Gasteiger partial charge in [0.05, 0.1) is 26.4 Å². The highest BCUT2D eigenvalue weighted by Gasteiger charge is 2.55. The van der Waals surface area contributed by atoms with Gasteiger partial charge in [0.15, 0.2) is 18.9 Å². The van der Waals surface area contributed by atoms with Crippen molar-refractivity contribution in [3.05, 3.63) is 35.9 Å². The normalized spacial score (nSPS) is 36.1. The summed E-state index contributed by atoms with van der Waals surface area (Å²) in [5, 5.41) is 76.9. The topological polar surface area (TPSA) is 316 Å². The molecule has 3 fully saturated rings. The lowest BCUT2D eigenvalue weighted by Gasteiger charge is -2.50. The third-order valence-electron chi connectivity index (χ3n) is 9.89. The molecule has 0 saturated carbocycles. The molecule has 0 radical (unpaired) electrons. The Labute approximate surface area is 329 Å². The van der Waals surface area contributed by atoms with Crippen molar-refractivity contribution in [2.24, 2.45) is 0 Å². The van der Waals surface area contributed by atoms with Crippen LogP contribution < -0.4 is 5.32 Å². The van der Waals surface area contributed by atoms with Gasteiger partial charge in [0.25, 0.3) is 5.91 Å². The number of nitrogens with one attached hydrogen (secondary N) is 1. The van der Waals surface area contributed by atoms with Crippen LogP contribution in [0, 0.1) is 0 Å². The van der Waals surface area contributed by atoms with Crippen LogP contribution in [0.4, 0.5) is 0 Å². The molecule has 3 aliphatic heterocycles. The summed E-state index contributed by atoms with van der Waals surface area (Å²) in [5.41, 5.74) is 0.182. The Hall–Kier alpha value is -2.49. The number of ether oxygens (including phenoxy) is 7. The zero-order valence-corrected chi connectivity index (χ0v) is 32.3.